The van der Waals surface area contributed by atoms with Crippen molar-refractivity contribution in [3.8, 4) is 23.7 Å². The van der Waals surface area contributed by atoms with E-state index in [1.807, 2.05) is 129 Å². The molecule has 76 heavy (non-hydrogen) atoms. The molecule has 386 valence electrons. The molecule has 0 saturated carbocycles. The molecule has 0 aliphatic carbocycles. The SMILES string of the molecule is CCCCCCCCCCC#CC1=C(C)/C(=C(\C=C\c2cccc3cccnc23)c2c(C)c(C#CCCCCCCCCCC)c(/C=C/c3cccc4cccnc34)n2B(F)F)N=C1/C=C/c1cccc2cccnc12. The first kappa shape index (κ1) is 54.8. The fraction of sp³-hybridized carbons (Fsp3) is 0.324. The number of hydrogen-bond acceptors (Lipinski definition) is 4. The molecule has 0 amide bonds. The second kappa shape index (κ2) is 28.5. The molecular formula is C68H72BF2N5. The van der Waals surface area contributed by atoms with E-state index in [0.29, 0.717) is 45.9 Å². The molecule has 0 saturated heterocycles. The van der Waals surface area contributed by atoms with Crippen molar-refractivity contribution in [3.05, 3.63) is 178 Å². The van der Waals surface area contributed by atoms with E-state index < -0.39 is 7.40 Å². The zero-order chi connectivity index (χ0) is 52.9. The normalized spacial score (nSPS) is 13.4. The lowest BCUT2D eigenvalue weighted by Gasteiger charge is -2.14. The number of halogens is 2. The fourth-order valence-electron chi connectivity index (χ4n) is 10.3. The third-order valence-corrected chi connectivity index (χ3v) is 14.4. The van der Waals surface area contributed by atoms with Gasteiger partial charge in [-0.25, -0.2) is 4.99 Å². The Bertz CT molecular complexity index is 3420. The Labute approximate surface area is 451 Å². The Morgan fingerprint density at radius 3 is 1.47 bits per heavy atom. The van der Waals surface area contributed by atoms with Crippen LogP contribution in [0.2, 0.25) is 0 Å². The molecule has 0 fully saturated rings. The highest BCUT2D eigenvalue weighted by Crippen LogP contribution is 2.39. The van der Waals surface area contributed by atoms with Crippen LogP contribution in [0.1, 0.15) is 176 Å². The van der Waals surface area contributed by atoms with E-state index in [9.17, 15) is 0 Å². The van der Waals surface area contributed by atoms with Crippen molar-refractivity contribution in [2.24, 2.45) is 4.99 Å². The number of rotatable bonds is 24. The Hall–Kier alpha value is -7.42. The van der Waals surface area contributed by atoms with Gasteiger partial charge in [-0.2, -0.15) is 0 Å². The Morgan fingerprint density at radius 2 is 0.974 bits per heavy atom. The summed E-state index contributed by atoms with van der Waals surface area (Å²) in [6, 6.07) is 30.0. The quantitative estimate of drug-likeness (QED) is 0.0344. The van der Waals surface area contributed by atoms with Crippen molar-refractivity contribution < 1.29 is 8.63 Å². The number of allylic oxidation sites excluding steroid dienone is 5. The van der Waals surface area contributed by atoms with Gasteiger partial charge in [0.05, 0.1) is 39.1 Å². The van der Waals surface area contributed by atoms with Crippen molar-refractivity contribution in [3.63, 3.8) is 0 Å². The van der Waals surface area contributed by atoms with E-state index in [0.717, 1.165) is 97.1 Å². The van der Waals surface area contributed by atoms with Crippen LogP contribution in [0.25, 0.3) is 62.6 Å². The molecule has 0 atom stereocenters. The van der Waals surface area contributed by atoms with Crippen LogP contribution in [0.3, 0.4) is 0 Å². The maximum Gasteiger partial charge on any atom is 0.678 e. The van der Waals surface area contributed by atoms with Gasteiger partial charge in [0.1, 0.15) is 0 Å². The molecule has 5 nitrogen and oxygen atoms in total. The van der Waals surface area contributed by atoms with Crippen LogP contribution in [0.15, 0.2) is 144 Å². The van der Waals surface area contributed by atoms with Crippen LogP contribution in [0.5, 0.6) is 0 Å². The third kappa shape index (κ3) is 14.1. The number of nitrogens with zero attached hydrogens (tertiary/aromatic N) is 5. The van der Waals surface area contributed by atoms with Gasteiger partial charge in [0.25, 0.3) is 0 Å². The van der Waals surface area contributed by atoms with Gasteiger partial charge in [-0.3, -0.25) is 23.6 Å². The molecule has 0 N–H and O–H groups in total. The third-order valence-electron chi connectivity index (χ3n) is 14.4. The summed E-state index contributed by atoms with van der Waals surface area (Å²) in [5.41, 5.74) is 10.4. The van der Waals surface area contributed by atoms with Gasteiger partial charge in [-0.1, -0.05) is 225 Å². The lowest BCUT2D eigenvalue weighted by atomic mass is 9.96. The van der Waals surface area contributed by atoms with Crippen molar-refractivity contribution in [1.82, 2.24) is 19.4 Å². The van der Waals surface area contributed by atoms with Crippen molar-refractivity contribution >= 4 is 75.7 Å². The highest BCUT2D eigenvalue weighted by molar-refractivity contribution is 6.42. The zero-order valence-corrected chi connectivity index (χ0v) is 45.2. The van der Waals surface area contributed by atoms with E-state index >= 15 is 8.63 Å². The van der Waals surface area contributed by atoms with E-state index in [4.69, 9.17) is 15.0 Å². The second-order valence-corrected chi connectivity index (χ2v) is 20.0. The molecule has 4 aromatic heterocycles. The predicted molar refractivity (Wildman–Crippen MR) is 321 cm³/mol. The first-order valence-corrected chi connectivity index (χ1v) is 28.0. The van der Waals surface area contributed by atoms with Crippen LogP contribution in [-0.4, -0.2) is 32.5 Å². The van der Waals surface area contributed by atoms with Gasteiger partial charge in [-0.15, -0.1) is 0 Å². The fourth-order valence-corrected chi connectivity index (χ4v) is 10.3. The van der Waals surface area contributed by atoms with Crippen molar-refractivity contribution in [2.45, 2.75) is 143 Å². The van der Waals surface area contributed by atoms with Crippen LogP contribution >= 0.6 is 0 Å². The minimum absolute atomic E-state index is 0.328. The van der Waals surface area contributed by atoms with Gasteiger partial charge in [-0.05, 0) is 68.2 Å². The standard InChI is InChI=1S/C68H72BF2N5/c1-5-7-9-11-13-15-17-19-21-23-40-59-51(3)64(75-62(59)46-43-57-35-26-32-54-38-29-49-73-66(54)57)61(45-42-56-34-25-31-53-37-28-48-72-65(53)56)68-52(4)60(41-24-22-20-18-16-14-12-10-8-6-2)63(76(68)69(70)71)47-44-58-36-27-33-55-39-30-50-74-67(55)58/h25-39,42-50H,5-22H2,1-4H3/b45-42+,46-43+,47-44+,64-61-. The summed E-state index contributed by atoms with van der Waals surface area (Å²) in [5, 5.41) is 2.98. The van der Waals surface area contributed by atoms with Gasteiger partial charge in [0, 0.05) is 81.2 Å². The summed E-state index contributed by atoms with van der Waals surface area (Å²) in [4.78, 5) is 19.6. The number of unbranched alkanes of at least 4 members (excludes halogenated alkanes) is 16. The topological polar surface area (TPSA) is 56.0 Å². The minimum Gasteiger partial charge on any atom is -0.324 e. The maximum atomic E-state index is 16.5. The van der Waals surface area contributed by atoms with E-state index in [-0.39, 0.29) is 0 Å². The predicted octanol–water partition coefficient (Wildman–Crippen LogP) is 18.7. The summed E-state index contributed by atoms with van der Waals surface area (Å²) in [6.45, 7) is 8.45. The van der Waals surface area contributed by atoms with Crippen molar-refractivity contribution in [1.29, 1.82) is 0 Å². The first-order chi connectivity index (χ1) is 37.4. The largest absolute Gasteiger partial charge is 0.678 e. The highest BCUT2D eigenvalue weighted by Gasteiger charge is 2.32. The summed E-state index contributed by atoms with van der Waals surface area (Å²) < 4.78 is 34.2. The summed E-state index contributed by atoms with van der Waals surface area (Å²) in [7, 11) is -2.93. The Kier molecular flexibility index (Phi) is 20.5. The van der Waals surface area contributed by atoms with Gasteiger partial charge >= 0.3 is 7.40 Å². The Morgan fingerprint density at radius 1 is 0.526 bits per heavy atom. The van der Waals surface area contributed by atoms with Crippen LogP contribution < -0.4 is 0 Å². The van der Waals surface area contributed by atoms with Crippen LogP contribution in [0.4, 0.5) is 8.63 Å². The second-order valence-electron chi connectivity index (χ2n) is 20.0. The van der Waals surface area contributed by atoms with Gasteiger partial charge in [0.15, 0.2) is 0 Å². The van der Waals surface area contributed by atoms with Crippen LogP contribution in [0, 0.1) is 30.6 Å². The highest BCUT2D eigenvalue weighted by atomic mass is 19.2. The molecule has 0 bridgehead atoms. The van der Waals surface area contributed by atoms with E-state index in [1.54, 1.807) is 18.5 Å². The molecule has 0 unspecified atom stereocenters. The average Bonchev–Trinajstić information content (AvgIpc) is 3.91. The lowest BCUT2D eigenvalue weighted by Crippen LogP contribution is -2.18. The molecule has 1 aliphatic rings. The molecule has 0 radical (unpaired) electrons. The zero-order valence-electron chi connectivity index (χ0n) is 45.2. The molecule has 8 heteroatoms. The van der Waals surface area contributed by atoms with E-state index in [2.05, 4.69) is 54.6 Å². The molecule has 3 aromatic carbocycles. The van der Waals surface area contributed by atoms with Gasteiger partial charge in [0.2, 0.25) is 0 Å². The monoisotopic (exact) mass is 1010 g/mol. The molecule has 1 aliphatic heterocycles. The molecular weight excluding hydrogens is 936 g/mol. The maximum absolute atomic E-state index is 16.5. The average molecular weight is 1010 g/mol. The molecule has 7 aromatic rings. The number of hydrogen-bond donors (Lipinski definition) is 0. The number of benzene rings is 3. The van der Waals surface area contributed by atoms with Crippen molar-refractivity contribution in [2.75, 3.05) is 0 Å². The number of pyridine rings is 3. The van der Waals surface area contributed by atoms with E-state index in [1.165, 1.54) is 77.0 Å². The molecule has 8 rings (SSSR count). The number of fused-ring (bicyclic) bond motifs is 3. The lowest BCUT2D eigenvalue weighted by molar-refractivity contribution is 0.579. The first-order valence-electron chi connectivity index (χ1n) is 28.0. The number of aliphatic imine (C=N–C) groups is 1. The Balaban J connectivity index is 1.29. The summed E-state index contributed by atoms with van der Waals surface area (Å²) in [6.07, 6.45) is 37.7. The van der Waals surface area contributed by atoms with Crippen LogP contribution in [-0.2, 0) is 0 Å². The minimum atomic E-state index is -2.93. The molecule has 0 spiro atoms. The summed E-state index contributed by atoms with van der Waals surface area (Å²) in [5.74, 6) is 14.0. The smallest absolute Gasteiger partial charge is 0.324 e. The number of para-hydroxylation sites is 3. The summed E-state index contributed by atoms with van der Waals surface area (Å²) >= 11 is 0. The molecule has 5 heterocycles. The van der Waals surface area contributed by atoms with Gasteiger partial charge < -0.3 is 4.48 Å². The number of aromatic nitrogens is 4.